The normalized spacial score (nSPS) is 20.2. The van der Waals surface area contributed by atoms with E-state index < -0.39 is 48.1 Å². The lowest BCUT2D eigenvalue weighted by Gasteiger charge is -2.20. The smallest absolute Gasteiger partial charge is 0.345 e. The third kappa shape index (κ3) is 11.5. The highest BCUT2D eigenvalue weighted by Crippen LogP contribution is 2.40. The van der Waals surface area contributed by atoms with Crippen molar-refractivity contribution in [3.63, 3.8) is 0 Å². The average molecular weight is 694 g/mol. The first-order valence-electron chi connectivity index (χ1n) is 15.6. The Labute approximate surface area is 271 Å². The maximum Gasteiger partial charge on any atom is 0.408 e. The van der Waals surface area contributed by atoms with Gasteiger partial charge in [0.05, 0.1) is 24.6 Å². The van der Waals surface area contributed by atoms with E-state index in [2.05, 4.69) is 30.3 Å². The number of hydrogen-bond donors (Lipinski definition) is 2. The second kappa shape index (κ2) is 16.3. The van der Waals surface area contributed by atoms with Crippen molar-refractivity contribution in [1.82, 2.24) is 35.5 Å². The quantitative estimate of drug-likeness (QED) is 0.227. The molecule has 2 N–H and O–H groups in total. The molecule has 2 aliphatic carbocycles. The Morgan fingerprint density at radius 2 is 1.77 bits per heavy atom. The van der Waals surface area contributed by atoms with E-state index in [-0.39, 0.29) is 43.8 Å². The minimum absolute atomic E-state index is 0.118. The second-order valence-electron chi connectivity index (χ2n) is 11.6. The molecule has 6 rings (SSSR count). The Morgan fingerprint density at radius 1 is 1.12 bits per heavy atom. The predicted molar refractivity (Wildman–Crippen MR) is 156 cm³/mol. The number of rotatable bonds is 7. The van der Waals surface area contributed by atoms with Crippen LogP contribution in [0.4, 0.5) is 30.7 Å². The molecule has 2 saturated carbocycles. The van der Waals surface area contributed by atoms with Crippen LogP contribution in [-0.2, 0) is 22.6 Å². The van der Waals surface area contributed by atoms with Crippen molar-refractivity contribution < 1.29 is 49.7 Å². The van der Waals surface area contributed by atoms with Crippen LogP contribution >= 0.6 is 0 Å². The molecular weight excluding hydrogens is 655 g/mol. The van der Waals surface area contributed by atoms with E-state index in [1.165, 1.54) is 10.7 Å². The molecule has 3 aromatic heterocycles. The van der Waals surface area contributed by atoms with Crippen LogP contribution in [0.25, 0.3) is 5.65 Å². The Balaban J connectivity index is 0.000000324. The molecule has 1 saturated heterocycles. The molecule has 266 valence electrons. The summed E-state index contributed by atoms with van der Waals surface area (Å²) >= 11 is 0. The monoisotopic (exact) mass is 693 g/mol. The number of aldehydes is 1. The van der Waals surface area contributed by atoms with E-state index in [1.807, 2.05) is 19.2 Å². The number of nitrogens with zero attached hydrogens (tertiary/aromatic N) is 5. The molecule has 11 nitrogen and oxygen atoms in total. The van der Waals surface area contributed by atoms with Crippen LogP contribution in [0.3, 0.4) is 0 Å². The van der Waals surface area contributed by atoms with Crippen molar-refractivity contribution in [1.29, 1.82) is 0 Å². The average Bonchev–Trinajstić information content (AvgIpc) is 3.41. The predicted octanol–water partition coefficient (Wildman–Crippen LogP) is 5.98. The van der Waals surface area contributed by atoms with E-state index in [9.17, 15) is 40.3 Å². The number of nitrogens with one attached hydrogen (secondary N) is 2. The summed E-state index contributed by atoms with van der Waals surface area (Å²) in [7, 11) is 0. The van der Waals surface area contributed by atoms with Gasteiger partial charge in [-0.05, 0) is 55.3 Å². The van der Waals surface area contributed by atoms with Crippen molar-refractivity contribution in [2.24, 2.45) is 5.92 Å². The molecule has 0 bridgehead atoms. The summed E-state index contributed by atoms with van der Waals surface area (Å²) in [5.74, 6) is -7.06. The number of alkyl halides is 7. The number of hydrogen-bond acceptors (Lipinski definition) is 8. The van der Waals surface area contributed by atoms with Crippen LogP contribution in [0.5, 0.6) is 0 Å². The van der Waals surface area contributed by atoms with Crippen LogP contribution in [0, 0.1) is 5.92 Å². The molecule has 2 atom stereocenters. The van der Waals surface area contributed by atoms with Crippen LogP contribution < -0.4 is 10.6 Å². The molecule has 48 heavy (non-hydrogen) atoms. The maximum atomic E-state index is 12.9. The zero-order valence-electron chi connectivity index (χ0n) is 26.6. The number of halogens is 7. The molecule has 4 heterocycles. The fourth-order valence-corrected chi connectivity index (χ4v) is 4.88. The van der Waals surface area contributed by atoms with Gasteiger partial charge in [-0.15, -0.1) is 0 Å². The summed E-state index contributed by atoms with van der Waals surface area (Å²) in [6.07, 6.45) is 2.66. The highest BCUT2D eigenvalue weighted by molar-refractivity contribution is 5.93. The first-order chi connectivity index (χ1) is 22.5. The van der Waals surface area contributed by atoms with E-state index in [0.717, 1.165) is 19.3 Å². The number of carbonyl (C=O) groups is 3. The third-order valence-electron chi connectivity index (χ3n) is 7.43. The molecule has 3 fully saturated rings. The zero-order valence-corrected chi connectivity index (χ0v) is 26.6. The topological polar surface area (TPSA) is 144 Å². The van der Waals surface area contributed by atoms with E-state index in [1.54, 1.807) is 12.3 Å². The lowest BCUT2D eigenvalue weighted by atomic mass is 9.97. The highest BCUT2D eigenvalue weighted by Gasteiger charge is 2.47. The molecular formula is C30H38F7N7O4. The van der Waals surface area contributed by atoms with Gasteiger partial charge < -0.3 is 10.6 Å². The van der Waals surface area contributed by atoms with Crippen molar-refractivity contribution in [2.75, 3.05) is 0 Å². The van der Waals surface area contributed by atoms with Gasteiger partial charge in [-0.2, -0.15) is 27.1 Å². The number of amides is 2. The standard InChI is InChI=1S/C19H18F3N7O3.C6H10F2.C3H4F2O.C2H6/c20-19(21,22)13-5-11(17(30)26-13)3-9-4-14-25-12(8-29(14)24-6-9)7-23-18(31)16-15(10-1-2-10)27-32-28-16;7-6(8)4-2-1-3-5-6;1-3(4,5)2-6;1-2/h4,6,8,10-11,13H,1-3,5,7H2,(H,23,31)(H,26,30);1-5H2;2H,1H3;1-2H3/t11-,13?;;;/m0.../s1. The third-order valence-corrected chi connectivity index (χ3v) is 7.43. The zero-order chi connectivity index (χ0) is 35.7. The summed E-state index contributed by atoms with van der Waals surface area (Å²) in [6.45, 7) is 4.66. The van der Waals surface area contributed by atoms with Crippen molar-refractivity contribution in [3.05, 3.63) is 41.1 Å². The van der Waals surface area contributed by atoms with Crippen LogP contribution in [0.15, 0.2) is 23.1 Å². The molecule has 1 aliphatic heterocycles. The number of carbonyl (C=O) groups excluding carboxylic acids is 3. The Bertz CT molecular complexity index is 1510. The van der Waals surface area contributed by atoms with Gasteiger partial charge >= 0.3 is 6.18 Å². The van der Waals surface area contributed by atoms with Gasteiger partial charge in [0, 0.05) is 31.6 Å². The van der Waals surface area contributed by atoms with Crippen molar-refractivity contribution in [3.8, 4) is 0 Å². The molecule has 18 heteroatoms. The molecule has 0 radical (unpaired) electrons. The number of fused-ring (bicyclic) bond motifs is 1. The Hall–Kier alpha value is -4.12. The molecule has 3 aliphatic rings. The molecule has 0 spiro atoms. The Kier molecular flexibility index (Phi) is 13.0. The van der Waals surface area contributed by atoms with Crippen LogP contribution in [-0.4, -0.2) is 67.1 Å². The first-order valence-corrected chi connectivity index (χ1v) is 15.6. The SMILES string of the molecule is CC.CC(F)(F)C=O.FC1(F)CCCCC1.O=C(NCc1cn2ncc(C[C@H]3CC(C(F)(F)F)NC3=O)cc2n1)c1nonc1C1CC1. The lowest BCUT2D eigenvalue weighted by Crippen LogP contribution is -2.38. The van der Waals surface area contributed by atoms with Gasteiger partial charge in [-0.1, -0.05) is 25.4 Å². The van der Waals surface area contributed by atoms with Crippen molar-refractivity contribution in [2.45, 2.75) is 115 Å². The minimum atomic E-state index is -4.46. The molecule has 2 amide bonds. The van der Waals surface area contributed by atoms with E-state index >= 15 is 0 Å². The number of aromatic nitrogens is 5. The fourth-order valence-electron chi connectivity index (χ4n) is 4.88. The van der Waals surface area contributed by atoms with Gasteiger partial charge in [0.25, 0.3) is 11.8 Å². The largest absolute Gasteiger partial charge is 0.408 e. The van der Waals surface area contributed by atoms with Gasteiger partial charge in [-0.3, -0.25) is 14.4 Å². The maximum absolute atomic E-state index is 12.9. The minimum Gasteiger partial charge on any atom is -0.345 e. The summed E-state index contributed by atoms with van der Waals surface area (Å²) in [5, 5.41) is 16.4. The molecule has 0 aromatic carbocycles. The summed E-state index contributed by atoms with van der Waals surface area (Å²) < 4.78 is 91.3. The van der Waals surface area contributed by atoms with E-state index in [4.69, 9.17) is 4.79 Å². The lowest BCUT2D eigenvalue weighted by molar-refractivity contribution is -0.154. The van der Waals surface area contributed by atoms with Gasteiger partial charge in [0.2, 0.25) is 11.8 Å². The van der Waals surface area contributed by atoms with E-state index in [0.29, 0.717) is 42.4 Å². The first kappa shape index (κ1) is 38.3. The van der Waals surface area contributed by atoms with Gasteiger partial charge in [0.1, 0.15) is 11.7 Å². The summed E-state index contributed by atoms with van der Waals surface area (Å²) in [5.41, 5.74) is 2.32. The van der Waals surface area contributed by atoms with Crippen molar-refractivity contribution >= 4 is 23.7 Å². The van der Waals surface area contributed by atoms with Gasteiger partial charge in [-0.25, -0.2) is 22.9 Å². The van der Waals surface area contributed by atoms with Crippen LogP contribution in [0.2, 0.25) is 0 Å². The summed E-state index contributed by atoms with van der Waals surface area (Å²) in [4.78, 5) is 37.8. The molecule has 3 aromatic rings. The fraction of sp³-hybridized carbons (Fsp3) is 0.633. The molecule has 1 unspecified atom stereocenters. The summed E-state index contributed by atoms with van der Waals surface area (Å²) in [6, 6.07) is -0.155. The Morgan fingerprint density at radius 3 is 2.29 bits per heavy atom. The number of imidazole rings is 1. The van der Waals surface area contributed by atoms with Crippen LogP contribution in [0.1, 0.15) is 105 Å². The van der Waals surface area contributed by atoms with Gasteiger partial charge in [0.15, 0.2) is 17.6 Å². The highest BCUT2D eigenvalue weighted by atomic mass is 19.4. The second-order valence-corrected chi connectivity index (χ2v) is 11.6.